The van der Waals surface area contributed by atoms with Crippen LogP contribution in [0.25, 0.3) is 0 Å². The number of rotatable bonds is 3. The second-order valence-electron chi connectivity index (χ2n) is 5.10. The number of anilines is 1. The average molecular weight is 286 g/mol. The lowest BCUT2D eigenvalue weighted by molar-refractivity contribution is -0.120. The van der Waals surface area contributed by atoms with Crippen LogP contribution in [-0.2, 0) is 17.8 Å². The molecular weight excluding hydrogens is 268 g/mol. The van der Waals surface area contributed by atoms with Crippen LogP contribution in [-0.4, -0.2) is 18.5 Å². The van der Waals surface area contributed by atoms with E-state index in [1.54, 1.807) is 11.3 Å². The molecule has 1 atom stereocenters. The van der Waals surface area contributed by atoms with Crippen molar-refractivity contribution in [1.82, 2.24) is 5.32 Å². The fourth-order valence-corrected chi connectivity index (χ4v) is 3.24. The molecule has 1 aromatic carbocycles. The second kappa shape index (κ2) is 5.77. The molecule has 3 rings (SSSR count). The predicted octanol–water partition coefficient (Wildman–Crippen LogP) is 2.82. The molecule has 1 aliphatic heterocycles. The maximum absolute atomic E-state index is 12.5. The van der Waals surface area contributed by atoms with E-state index in [-0.39, 0.29) is 11.9 Å². The van der Waals surface area contributed by atoms with Gasteiger partial charge in [-0.3, -0.25) is 4.79 Å². The Kier molecular flexibility index (Phi) is 3.85. The van der Waals surface area contributed by atoms with Crippen LogP contribution in [0.5, 0.6) is 0 Å². The van der Waals surface area contributed by atoms with Crippen molar-refractivity contribution in [3.63, 3.8) is 0 Å². The summed E-state index contributed by atoms with van der Waals surface area (Å²) in [7, 11) is 0. The van der Waals surface area contributed by atoms with Crippen molar-refractivity contribution in [3.8, 4) is 0 Å². The highest BCUT2D eigenvalue weighted by atomic mass is 32.1. The molecule has 2 heterocycles. The number of hydrogen-bond acceptors (Lipinski definition) is 3. The molecule has 20 heavy (non-hydrogen) atoms. The molecule has 0 saturated heterocycles. The van der Waals surface area contributed by atoms with E-state index in [9.17, 15) is 4.79 Å². The molecule has 1 amide bonds. The van der Waals surface area contributed by atoms with Gasteiger partial charge in [-0.05, 0) is 47.4 Å². The van der Waals surface area contributed by atoms with Crippen molar-refractivity contribution in [2.24, 2.45) is 0 Å². The van der Waals surface area contributed by atoms with Gasteiger partial charge in [0.1, 0.15) is 0 Å². The quantitative estimate of drug-likeness (QED) is 0.941. The van der Waals surface area contributed by atoms with E-state index in [0.29, 0.717) is 0 Å². The number of para-hydroxylation sites is 1. The van der Waals surface area contributed by atoms with Crippen molar-refractivity contribution < 1.29 is 4.79 Å². The summed E-state index contributed by atoms with van der Waals surface area (Å²) < 4.78 is 0. The number of amides is 1. The van der Waals surface area contributed by atoms with Crippen LogP contribution in [0.4, 0.5) is 5.69 Å². The molecular formula is C16H18N2OS. The summed E-state index contributed by atoms with van der Waals surface area (Å²) in [6.45, 7) is 3.42. The minimum Gasteiger partial charge on any atom is -0.310 e. The number of fused-ring (bicyclic) bond motifs is 1. The van der Waals surface area contributed by atoms with Gasteiger partial charge in [-0.1, -0.05) is 18.2 Å². The standard InChI is InChI=1S/C16H18N2OS/c1-12-16(19)18(8-6-13-7-9-20-11-13)15-5-3-2-4-14(15)10-17-12/h2-5,7,9,11-12,17H,6,8,10H2,1H3. The summed E-state index contributed by atoms with van der Waals surface area (Å²) in [6, 6.07) is 10.1. The van der Waals surface area contributed by atoms with Gasteiger partial charge in [0.05, 0.1) is 6.04 Å². The maximum Gasteiger partial charge on any atom is 0.243 e. The molecule has 1 aromatic heterocycles. The van der Waals surface area contributed by atoms with Gasteiger partial charge in [-0.15, -0.1) is 0 Å². The van der Waals surface area contributed by atoms with Crippen LogP contribution in [0.2, 0.25) is 0 Å². The molecule has 1 N–H and O–H groups in total. The SMILES string of the molecule is CC1NCc2ccccc2N(CCc2ccsc2)C1=O. The molecule has 2 aromatic rings. The summed E-state index contributed by atoms with van der Waals surface area (Å²) in [6.07, 6.45) is 0.899. The Hall–Kier alpha value is -1.65. The van der Waals surface area contributed by atoms with Crippen molar-refractivity contribution in [1.29, 1.82) is 0 Å². The zero-order chi connectivity index (χ0) is 13.9. The van der Waals surface area contributed by atoms with E-state index in [4.69, 9.17) is 0 Å². The van der Waals surface area contributed by atoms with E-state index in [1.165, 1.54) is 11.1 Å². The number of nitrogens with one attached hydrogen (secondary N) is 1. The number of thiophene rings is 1. The van der Waals surface area contributed by atoms with Crippen LogP contribution in [0.15, 0.2) is 41.1 Å². The topological polar surface area (TPSA) is 32.3 Å². The first kappa shape index (κ1) is 13.3. The van der Waals surface area contributed by atoms with Crippen LogP contribution in [0.1, 0.15) is 18.1 Å². The van der Waals surface area contributed by atoms with Crippen LogP contribution >= 0.6 is 11.3 Å². The summed E-state index contributed by atoms with van der Waals surface area (Å²) in [5, 5.41) is 7.51. The fraction of sp³-hybridized carbons (Fsp3) is 0.312. The molecule has 104 valence electrons. The van der Waals surface area contributed by atoms with Gasteiger partial charge in [0.2, 0.25) is 5.91 Å². The van der Waals surface area contributed by atoms with E-state index in [1.807, 2.05) is 30.0 Å². The van der Waals surface area contributed by atoms with Gasteiger partial charge >= 0.3 is 0 Å². The Morgan fingerprint density at radius 1 is 1.35 bits per heavy atom. The van der Waals surface area contributed by atoms with Gasteiger partial charge in [0.15, 0.2) is 0 Å². The third kappa shape index (κ3) is 2.62. The fourth-order valence-electron chi connectivity index (χ4n) is 2.53. The third-order valence-electron chi connectivity index (χ3n) is 3.72. The molecule has 0 aliphatic carbocycles. The highest BCUT2D eigenvalue weighted by molar-refractivity contribution is 7.07. The molecule has 0 radical (unpaired) electrons. The van der Waals surface area contributed by atoms with Crippen molar-refractivity contribution in [2.45, 2.75) is 25.9 Å². The van der Waals surface area contributed by atoms with Gasteiger partial charge in [-0.2, -0.15) is 11.3 Å². The lowest BCUT2D eigenvalue weighted by Gasteiger charge is -2.24. The highest BCUT2D eigenvalue weighted by Crippen LogP contribution is 2.24. The summed E-state index contributed by atoms with van der Waals surface area (Å²) >= 11 is 1.70. The van der Waals surface area contributed by atoms with E-state index < -0.39 is 0 Å². The Morgan fingerprint density at radius 2 is 2.20 bits per heavy atom. The molecule has 4 heteroatoms. The van der Waals surface area contributed by atoms with E-state index in [2.05, 4.69) is 28.2 Å². The smallest absolute Gasteiger partial charge is 0.243 e. The number of nitrogens with zero attached hydrogens (tertiary/aromatic N) is 1. The Morgan fingerprint density at radius 3 is 3.00 bits per heavy atom. The van der Waals surface area contributed by atoms with E-state index in [0.717, 1.165) is 25.2 Å². The first-order valence-corrected chi connectivity index (χ1v) is 7.84. The summed E-state index contributed by atoms with van der Waals surface area (Å²) in [5.74, 6) is 0.158. The minimum absolute atomic E-state index is 0.134. The molecule has 0 saturated carbocycles. The van der Waals surface area contributed by atoms with Gasteiger partial charge < -0.3 is 10.2 Å². The van der Waals surface area contributed by atoms with Crippen LogP contribution in [0, 0.1) is 0 Å². The zero-order valence-electron chi connectivity index (χ0n) is 11.5. The molecule has 1 aliphatic rings. The van der Waals surface area contributed by atoms with Crippen molar-refractivity contribution >= 4 is 22.9 Å². The monoisotopic (exact) mass is 286 g/mol. The molecule has 0 spiro atoms. The predicted molar refractivity (Wildman–Crippen MR) is 83.1 cm³/mol. The largest absolute Gasteiger partial charge is 0.310 e. The molecule has 1 unspecified atom stereocenters. The normalized spacial score (nSPS) is 18.8. The molecule has 0 bridgehead atoms. The first-order chi connectivity index (χ1) is 9.75. The van der Waals surface area contributed by atoms with Crippen molar-refractivity contribution in [3.05, 3.63) is 52.2 Å². The Bertz CT molecular complexity index is 594. The average Bonchev–Trinajstić information content (AvgIpc) is 2.95. The lowest BCUT2D eigenvalue weighted by Crippen LogP contribution is -2.43. The number of hydrogen-bond donors (Lipinski definition) is 1. The van der Waals surface area contributed by atoms with Crippen molar-refractivity contribution in [2.75, 3.05) is 11.4 Å². The highest BCUT2D eigenvalue weighted by Gasteiger charge is 2.26. The molecule has 3 nitrogen and oxygen atoms in total. The Balaban J connectivity index is 1.86. The first-order valence-electron chi connectivity index (χ1n) is 6.89. The minimum atomic E-state index is -0.134. The Labute approximate surface area is 123 Å². The summed E-state index contributed by atoms with van der Waals surface area (Å²) in [4.78, 5) is 14.5. The van der Waals surface area contributed by atoms with E-state index >= 15 is 0 Å². The van der Waals surface area contributed by atoms with Crippen LogP contribution < -0.4 is 10.2 Å². The second-order valence-corrected chi connectivity index (χ2v) is 5.88. The number of benzene rings is 1. The number of carbonyl (C=O) groups is 1. The maximum atomic E-state index is 12.5. The third-order valence-corrected chi connectivity index (χ3v) is 4.45. The van der Waals surface area contributed by atoms with Gasteiger partial charge in [-0.25, -0.2) is 0 Å². The zero-order valence-corrected chi connectivity index (χ0v) is 12.3. The lowest BCUT2D eigenvalue weighted by atomic mass is 10.1. The van der Waals surface area contributed by atoms with Crippen LogP contribution in [0.3, 0.4) is 0 Å². The molecule has 0 fully saturated rings. The van der Waals surface area contributed by atoms with Gasteiger partial charge in [0, 0.05) is 18.8 Å². The van der Waals surface area contributed by atoms with Gasteiger partial charge in [0.25, 0.3) is 0 Å². The summed E-state index contributed by atoms with van der Waals surface area (Å²) in [5.41, 5.74) is 3.53. The number of carbonyl (C=O) groups excluding carboxylic acids is 1.